The number of nitrogens with zero attached hydrogens (tertiary/aromatic N) is 1. The summed E-state index contributed by atoms with van der Waals surface area (Å²) in [6.07, 6.45) is 4.25. The maximum Gasteiger partial charge on any atom is 0.228 e. The first-order valence-corrected chi connectivity index (χ1v) is 9.36. The maximum atomic E-state index is 12.5. The van der Waals surface area contributed by atoms with Crippen LogP contribution in [0.25, 0.3) is 5.69 Å². The molecule has 5 nitrogen and oxygen atoms in total. The van der Waals surface area contributed by atoms with Crippen LogP contribution in [-0.2, 0) is 16.0 Å². The maximum absolute atomic E-state index is 12.5. The number of carbonyl (C=O) groups is 2. The third-order valence-corrected chi connectivity index (χ3v) is 4.51. The van der Waals surface area contributed by atoms with Crippen molar-refractivity contribution in [2.75, 3.05) is 10.6 Å². The van der Waals surface area contributed by atoms with Gasteiger partial charge >= 0.3 is 0 Å². The van der Waals surface area contributed by atoms with Crippen molar-refractivity contribution in [1.82, 2.24) is 4.57 Å². The van der Waals surface area contributed by atoms with E-state index in [1.54, 1.807) is 6.07 Å². The predicted molar refractivity (Wildman–Crippen MR) is 113 cm³/mol. The molecule has 0 aliphatic carbocycles. The summed E-state index contributed by atoms with van der Waals surface area (Å²) in [5, 5.41) is 5.81. The minimum absolute atomic E-state index is 0.0519. The largest absolute Gasteiger partial charge is 0.326 e. The molecular weight excluding hydrogens is 350 g/mol. The van der Waals surface area contributed by atoms with Gasteiger partial charge in [0.05, 0.1) is 6.42 Å². The van der Waals surface area contributed by atoms with Crippen LogP contribution in [0.1, 0.15) is 25.0 Å². The van der Waals surface area contributed by atoms with Crippen LogP contribution < -0.4 is 10.6 Å². The van der Waals surface area contributed by atoms with Crippen LogP contribution in [0, 0.1) is 12.8 Å². The lowest BCUT2D eigenvalue weighted by atomic mass is 10.1. The molecule has 0 bridgehead atoms. The number of hydrogen-bond donors (Lipinski definition) is 2. The van der Waals surface area contributed by atoms with E-state index >= 15 is 0 Å². The molecule has 3 aromatic rings. The van der Waals surface area contributed by atoms with Crippen LogP contribution >= 0.6 is 0 Å². The molecule has 2 N–H and O–H groups in total. The van der Waals surface area contributed by atoms with Gasteiger partial charge in [0.25, 0.3) is 0 Å². The molecule has 2 amide bonds. The van der Waals surface area contributed by atoms with E-state index in [0.717, 1.165) is 16.8 Å². The molecule has 0 unspecified atom stereocenters. The van der Waals surface area contributed by atoms with Gasteiger partial charge in [-0.1, -0.05) is 32.0 Å². The standard InChI is InChI=1S/C23H25N3O2/c1-16(2)23(28)24-19-9-6-17(3)21(15-19)25-22(27)14-18-7-10-20(11-8-18)26-12-4-5-13-26/h4-13,15-16H,14H2,1-3H3,(H,24,28)(H,25,27). The Labute approximate surface area is 165 Å². The monoisotopic (exact) mass is 375 g/mol. The Morgan fingerprint density at radius 3 is 2.29 bits per heavy atom. The Kier molecular flexibility index (Phi) is 5.94. The first kappa shape index (κ1) is 19.4. The van der Waals surface area contributed by atoms with Crippen molar-refractivity contribution >= 4 is 23.2 Å². The normalized spacial score (nSPS) is 10.7. The smallest absolute Gasteiger partial charge is 0.228 e. The van der Waals surface area contributed by atoms with E-state index in [1.807, 2.05) is 86.3 Å². The van der Waals surface area contributed by atoms with Crippen molar-refractivity contribution in [2.24, 2.45) is 5.92 Å². The van der Waals surface area contributed by atoms with Crippen molar-refractivity contribution in [2.45, 2.75) is 27.2 Å². The number of benzene rings is 2. The van der Waals surface area contributed by atoms with Gasteiger partial charge in [-0.2, -0.15) is 0 Å². The van der Waals surface area contributed by atoms with Crippen LogP contribution in [0.2, 0.25) is 0 Å². The van der Waals surface area contributed by atoms with Gasteiger partial charge in [0, 0.05) is 35.4 Å². The highest BCUT2D eigenvalue weighted by atomic mass is 16.2. The molecule has 0 fully saturated rings. The van der Waals surface area contributed by atoms with Gasteiger partial charge in [0.1, 0.15) is 0 Å². The fourth-order valence-electron chi connectivity index (χ4n) is 2.79. The van der Waals surface area contributed by atoms with Gasteiger partial charge in [0.15, 0.2) is 0 Å². The van der Waals surface area contributed by atoms with E-state index in [0.29, 0.717) is 11.4 Å². The molecule has 0 saturated heterocycles. The number of nitrogens with one attached hydrogen (secondary N) is 2. The molecule has 0 aliphatic rings. The molecule has 0 spiro atoms. The molecule has 0 saturated carbocycles. The zero-order chi connectivity index (χ0) is 20.1. The highest BCUT2D eigenvalue weighted by molar-refractivity contribution is 5.96. The number of carbonyl (C=O) groups excluding carboxylic acids is 2. The van der Waals surface area contributed by atoms with Gasteiger partial charge in [-0.25, -0.2) is 0 Å². The average Bonchev–Trinajstić information content (AvgIpc) is 3.19. The highest BCUT2D eigenvalue weighted by Crippen LogP contribution is 2.21. The number of hydrogen-bond acceptors (Lipinski definition) is 2. The van der Waals surface area contributed by atoms with Crippen LogP contribution in [0.3, 0.4) is 0 Å². The molecule has 5 heteroatoms. The minimum atomic E-state index is -0.103. The molecule has 0 radical (unpaired) electrons. The molecule has 1 aromatic heterocycles. The van der Waals surface area contributed by atoms with Crippen LogP contribution in [0.15, 0.2) is 67.0 Å². The summed E-state index contributed by atoms with van der Waals surface area (Å²) in [6.45, 7) is 5.61. The van der Waals surface area contributed by atoms with E-state index < -0.39 is 0 Å². The number of rotatable bonds is 6. The molecular formula is C23H25N3O2. The summed E-state index contributed by atoms with van der Waals surface area (Å²) in [4.78, 5) is 24.4. The first-order valence-electron chi connectivity index (χ1n) is 9.36. The summed E-state index contributed by atoms with van der Waals surface area (Å²) in [7, 11) is 0. The van der Waals surface area contributed by atoms with Gasteiger partial charge < -0.3 is 15.2 Å². The molecule has 3 rings (SSSR count). The zero-order valence-corrected chi connectivity index (χ0v) is 16.4. The lowest BCUT2D eigenvalue weighted by Crippen LogP contribution is -2.18. The van der Waals surface area contributed by atoms with E-state index in [1.165, 1.54) is 0 Å². The third-order valence-electron chi connectivity index (χ3n) is 4.51. The summed E-state index contributed by atoms with van der Waals surface area (Å²) in [5.74, 6) is -0.248. The van der Waals surface area contributed by atoms with Gasteiger partial charge in [0.2, 0.25) is 11.8 Å². The van der Waals surface area contributed by atoms with Crippen LogP contribution in [0.4, 0.5) is 11.4 Å². The minimum Gasteiger partial charge on any atom is -0.326 e. The zero-order valence-electron chi connectivity index (χ0n) is 16.4. The van der Waals surface area contributed by atoms with Crippen molar-refractivity contribution in [1.29, 1.82) is 0 Å². The van der Waals surface area contributed by atoms with E-state index in [4.69, 9.17) is 0 Å². The van der Waals surface area contributed by atoms with Gasteiger partial charge in [-0.05, 0) is 54.4 Å². The van der Waals surface area contributed by atoms with Gasteiger partial charge in [-0.15, -0.1) is 0 Å². The first-order chi connectivity index (χ1) is 13.4. The fraction of sp³-hybridized carbons (Fsp3) is 0.217. The molecule has 2 aromatic carbocycles. The topological polar surface area (TPSA) is 63.1 Å². The van der Waals surface area contributed by atoms with Crippen molar-refractivity contribution in [3.63, 3.8) is 0 Å². The molecule has 28 heavy (non-hydrogen) atoms. The SMILES string of the molecule is Cc1ccc(NC(=O)C(C)C)cc1NC(=O)Cc1ccc(-n2cccc2)cc1. The third kappa shape index (κ3) is 4.88. The number of aryl methyl sites for hydroxylation is 1. The summed E-state index contributed by atoms with van der Waals surface area (Å²) in [5.41, 5.74) is 4.32. The van der Waals surface area contributed by atoms with Gasteiger partial charge in [-0.3, -0.25) is 9.59 Å². The number of aromatic nitrogens is 1. The predicted octanol–water partition coefficient (Wildman–Crippen LogP) is 4.56. The van der Waals surface area contributed by atoms with E-state index in [2.05, 4.69) is 10.6 Å². The van der Waals surface area contributed by atoms with Crippen LogP contribution in [0.5, 0.6) is 0 Å². The Balaban J connectivity index is 1.65. The van der Waals surface area contributed by atoms with Crippen LogP contribution in [-0.4, -0.2) is 16.4 Å². The lowest BCUT2D eigenvalue weighted by molar-refractivity contribution is -0.119. The lowest BCUT2D eigenvalue weighted by Gasteiger charge is -2.13. The summed E-state index contributed by atoms with van der Waals surface area (Å²) >= 11 is 0. The Bertz CT molecular complexity index is 958. The second kappa shape index (κ2) is 8.57. The second-order valence-electron chi connectivity index (χ2n) is 7.16. The molecule has 0 aliphatic heterocycles. The Morgan fingerprint density at radius 2 is 1.64 bits per heavy atom. The van der Waals surface area contributed by atoms with Crippen molar-refractivity contribution in [3.05, 3.63) is 78.1 Å². The quantitative estimate of drug-likeness (QED) is 0.663. The highest BCUT2D eigenvalue weighted by Gasteiger charge is 2.10. The number of anilines is 2. The fourth-order valence-corrected chi connectivity index (χ4v) is 2.79. The van der Waals surface area contributed by atoms with E-state index in [9.17, 15) is 9.59 Å². The molecule has 0 atom stereocenters. The van der Waals surface area contributed by atoms with Crippen molar-refractivity contribution < 1.29 is 9.59 Å². The molecule has 1 heterocycles. The summed E-state index contributed by atoms with van der Waals surface area (Å²) < 4.78 is 2.02. The Hall–Kier alpha value is -3.34. The van der Waals surface area contributed by atoms with E-state index in [-0.39, 0.29) is 24.2 Å². The molecule has 144 valence electrons. The summed E-state index contributed by atoms with van der Waals surface area (Å²) in [6, 6.07) is 17.4. The Morgan fingerprint density at radius 1 is 0.964 bits per heavy atom. The average molecular weight is 375 g/mol. The second-order valence-corrected chi connectivity index (χ2v) is 7.16. The number of amides is 2. The van der Waals surface area contributed by atoms with Crippen molar-refractivity contribution in [3.8, 4) is 5.69 Å².